The van der Waals surface area contributed by atoms with Gasteiger partial charge in [0.1, 0.15) is 5.65 Å². The minimum absolute atomic E-state index is 0.0314. The molecule has 4 nitrogen and oxygen atoms in total. The van der Waals surface area contributed by atoms with Crippen molar-refractivity contribution in [2.75, 3.05) is 0 Å². The average molecular weight is 267 g/mol. The van der Waals surface area contributed by atoms with Crippen molar-refractivity contribution in [1.82, 2.24) is 14.5 Å². The Morgan fingerprint density at radius 1 is 1.15 bits per heavy atom. The van der Waals surface area contributed by atoms with Gasteiger partial charge in [0.15, 0.2) is 5.52 Å². The van der Waals surface area contributed by atoms with Gasteiger partial charge in [-0.15, -0.1) is 0 Å². The SMILES string of the molecule is O=c1c2ccccc2[nH]c2c1ncn2C1CCCCC1. The Hall–Kier alpha value is -2.10. The highest BCUT2D eigenvalue weighted by molar-refractivity contribution is 5.89. The van der Waals surface area contributed by atoms with E-state index in [1.165, 1.54) is 32.1 Å². The lowest BCUT2D eigenvalue weighted by molar-refractivity contribution is 0.358. The van der Waals surface area contributed by atoms with Gasteiger partial charge >= 0.3 is 0 Å². The van der Waals surface area contributed by atoms with Gasteiger partial charge < -0.3 is 9.55 Å². The van der Waals surface area contributed by atoms with Crippen molar-refractivity contribution in [1.29, 1.82) is 0 Å². The molecule has 1 aliphatic rings. The van der Waals surface area contributed by atoms with Gasteiger partial charge in [-0.25, -0.2) is 4.98 Å². The minimum atomic E-state index is 0.0314. The Labute approximate surface area is 116 Å². The van der Waals surface area contributed by atoms with E-state index in [0.29, 0.717) is 16.9 Å². The predicted octanol–water partition coefficient (Wildman–Crippen LogP) is 3.38. The number of aromatic nitrogens is 3. The van der Waals surface area contributed by atoms with Crippen molar-refractivity contribution in [2.24, 2.45) is 0 Å². The molecule has 0 bridgehead atoms. The van der Waals surface area contributed by atoms with Crippen LogP contribution in [0.15, 0.2) is 35.4 Å². The quantitative estimate of drug-likeness (QED) is 0.734. The van der Waals surface area contributed by atoms with Gasteiger partial charge in [0, 0.05) is 11.4 Å². The fraction of sp³-hybridized carbons (Fsp3) is 0.375. The fourth-order valence-corrected chi connectivity index (χ4v) is 3.33. The lowest BCUT2D eigenvalue weighted by atomic mass is 9.95. The molecule has 102 valence electrons. The molecule has 1 aromatic carbocycles. The number of rotatable bonds is 1. The highest BCUT2D eigenvalue weighted by atomic mass is 16.1. The van der Waals surface area contributed by atoms with E-state index in [1.807, 2.05) is 30.6 Å². The maximum absolute atomic E-state index is 12.5. The molecule has 0 aliphatic heterocycles. The summed E-state index contributed by atoms with van der Waals surface area (Å²) in [5, 5.41) is 0.717. The summed E-state index contributed by atoms with van der Waals surface area (Å²) in [6, 6.07) is 8.12. The zero-order valence-corrected chi connectivity index (χ0v) is 11.3. The summed E-state index contributed by atoms with van der Waals surface area (Å²) in [4.78, 5) is 20.2. The second kappa shape index (κ2) is 4.47. The third kappa shape index (κ3) is 1.68. The third-order valence-electron chi connectivity index (χ3n) is 4.40. The van der Waals surface area contributed by atoms with Crippen LogP contribution in [0.2, 0.25) is 0 Å². The van der Waals surface area contributed by atoms with Crippen molar-refractivity contribution in [3.63, 3.8) is 0 Å². The molecule has 1 N–H and O–H groups in total. The summed E-state index contributed by atoms with van der Waals surface area (Å²) in [7, 11) is 0. The number of pyridine rings is 1. The number of para-hydroxylation sites is 1. The predicted molar refractivity (Wildman–Crippen MR) is 80.0 cm³/mol. The molecule has 2 heterocycles. The molecule has 3 aromatic rings. The number of nitrogens with one attached hydrogen (secondary N) is 1. The Bertz CT molecular complexity index is 824. The lowest BCUT2D eigenvalue weighted by Crippen LogP contribution is -2.13. The van der Waals surface area contributed by atoms with E-state index in [2.05, 4.69) is 14.5 Å². The minimum Gasteiger partial charge on any atom is -0.339 e. The molecule has 0 radical (unpaired) electrons. The fourth-order valence-electron chi connectivity index (χ4n) is 3.33. The van der Waals surface area contributed by atoms with Crippen LogP contribution in [0, 0.1) is 0 Å². The van der Waals surface area contributed by atoms with Gasteiger partial charge in [-0.3, -0.25) is 4.79 Å². The van der Waals surface area contributed by atoms with E-state index in [-0.39, 0.29) is 5.43 Å². The molecule has 1 fully saturated rings. The Kier molecular flexibility index (Phi) is 2.62. The van der Waals surface area contributed by atoms with Gasteiger partial charge in [0.25, 0.3) is 0 Å². The maximum Gasteiger partial charge on any atom is 0.217 e. The molecule has 1 aliphatic carbocycles. The molecule has 2 aromatic heterocycles. The van der Waals surface area contributed by atoms with Gasteiger partial charge in [-0.2, -0.15) is 0 Å². The largest absolute Gasteiger partial charge is 0.339 e. The second-order valence-electron chi connectivity index (χ2n) is 5.64. The maximum atomic E-state index is 12.5. The molecule has 1 saturated carbocycles. The first kappa shape index (κ1) is 11.7. The van der Waals surface area contributed by atoms with E-state index in [4.69, 9.17) is 0 Å². The third-order valence-corrected chi connectivity index (χ3v) is 4.40. The molecular weight excluding hydrogens is 250 g/mol. The zero-order valence-electron chi connectivity index (χ0n) is 11.3. The van der Waals surface area contributed by atoms with Crippen molar-refractivity contribution >= 4 is 22.1 Å². The summed E-state index contributed by atoms with van der Waals surface area (Å²) < 4.78 is 2.17. The van der Waals surface area contributed by atoms with Crippen molar-refractivity contribution in [3.05, 3.63) is 40.8 Å². The van der Waals surface area contributed by atoms with Crippen LogP contribution in [0.1, 0.15) is 38.1 Å². The second-order valence-corrected chi connectivity index (χ2v) is 5.64. The van der Waals surface area contributed by atoms with Gasteiger partial charge in [-0.05, 0) is 25.0 Å². The first-order chi connectivity index (χ1) is 9.84. The van der Waals surface area contributed by atoms with Crippen LogP contribution in [0.3, 0.4) is 0 Å². The van der Waals surface area contributed by atoms with E-state index in [0.717, 1.165) is 11.2 Å². The van der Waals surface area contributed by atoms with Crippen LogP contribution in [0.5, 0.6) is 0 Å². The number of benzene rings is 1. The van der Waals surface area contributed by atoms with E-state index >= 15 is 0 Å². The number of fused-ring (bicyclic) bond motifs is 2. The summed E-state index contributed by atoms with van der Waals surface area (Å²) >= 11 is 0. The Morgan fingerprint density at radius 3 is 2.80 bits per heavy atom. The van der Waals surface area contributed by atoms with Crippen LogP contribution in [-0.2, 0) is 0 Å². The Morgan fingerprint density at radius 2 is 1.95 bits per heavy atom. The molecule has 0 amide bonds. The van der Waals surface area contributed by atoms with E-state index in [1.54, 1.807) is 0 Å². The first-order valence-electron chi connectivity index (χ1n) is 7.32. The van der Waals surface area contributed by atoms with Crippen LogP contribution >= 0.6 is 0 Å². The number of aromatic amines is 1. The van der Waals surface area contributed by atoms with E-state index < -0.39 is 0 Å². The van der Waals surface area contributed by atoms with Crippen LogP contribution in [0.25, 0.3) is 22.1 Å². The van der Waals surface area contributed by atoms with Gasteiger partial charge in [0.05, 0.1) is 11.8 Å². The molecule has 0 spiro atoms. The van der Waals surface area contributed by atoms with Crippen LogP contribution < -0.4 is 5.43 Å². The number of hydrogen-bond acceptors (Lipinski definition) is 2. The highest BCUT2D eigenvalue weighted by Gasteiger charge is 2.19. The molecular formula is C16H17N3O. The number of H-pyrrole nitrogens is 1. The first-order valence-corrected chi connectivity index (χ1v) is 7.32. The number of hydrogen-bond donors (Lipinski definition) is 1. The summed E-state index contributed by atoms with van der Waals surface area (Å²) in [5.74, 6) is 0. The Balaban J connectivity index is 1.98. The molecule has 4 heteroatoms. The molecule has 0 unspecified atom stereocenters. The zero-order chi connectivity index (χ0) is 13.5. The van der Waals surface area contributed by atoms with Gasteiger partial charge in [0.2, 0.25) is 5.43 Å². The van der Waals surface area contributed by atoms with Gasteiger partial charge in [-0.1, -0.05) is 31.4 Å². The molecule has 0 saturated heterocycles. The molecule has 4 rings (SSSR count). The summed E-state index contributed by atoms with van der Waals surface area (Å²) in [6.45, 7) is 0. The van der Waals surface area contributed by atoms with Crippen molar-refractivity contribution in [3.8, 4) is 0 Å². The monoisotopic (exact) mass is 267 g/mol. The highest BCUT2D eigenvalue weighted by Crippen LogP contribution is 2.30. The van der Waals surface area contributed by atoms with E-state index in [9.17, 15) is 4.79 Å². The summed E-state index contributed by atoms with van der Waals surface area (Å²) in [5.41, 5.74) is 2.36. The standard InChI is InChI=1S/C16H17N3O/c20-15-12-8-4-5-9-13(12)18-16-14(15)17-10-19(16)11-6-2-1-3-7-11/h4-5,8-11H,1-3,6-7H2,(H,18,20). The van der Waals surface area contributed by atoms with Crippen LogP contribution in [-0.4, -0.2) is 14.5 Å². The topological polar surface area (TPSA) is 50.7 Å². The molecule has 20 heavy (non-hydrogen) atoms. The number of imidazole rings is 1. The normalized spacial score (nSPS) is 17.0. The van der Waals surface area contributed by atoms with Crippen molar-refractivity contribution in [2.45, 2.75) is 38.1 Å². The summed E-state index contributed by atoms with van der Waals surface area (Å²) in [6.07, 6.45) is 8.05. The smallest absolute Gasteiger partial charge is 0.217 e. The van der Waals surface area contributed by atoms with Crippen molar-refractivity contribution < 1.29 is 0 Å². The lowest BCUT2D eigenvalue weighted by Gasteiger charge is -2.23. The number of nitrogens with zero attached hydrogens (tertiary/aromatic N) is 2. The average Bonchev–Trinajstić information content (AvgIpc) is 2.92. The van der Waals surface area contributed by atoms with Crippen LogP contribution in [0.4, 0.5) is 0 Å². The molecule has 0 atom stereocenters.